The van der Waals surface area contributed by atoms with Crippen molar-refractivity contribution < 1.29 is 49.3 Å². The van der Waals surface area contributed by atoms with E-state index in [2.05, 4.69) is 10.6 Å². The van der Waals surface area contributed by atoms with E-state index in [4.69, 9.17) is 9.47 Å². The van der Waals surface area contributed by atoms with Crippen LogP contribution in [0.25, 0.3) is 0 Å². The standard InChI is InChI=1S/C36H30N4O12/c41-29-11-1-21(17-31(29)43)13-15-37-35(45)27-19-34(52-26-9-5-24(6-10-26)40(49)50)28(20-33(27)51-25-7-3-23(4-8-25)39(47)48)36(46)38-16-14-22-2-12-30(42)32(44)18-22/h1-12,17-20,41-44H,13-16H2,(H,37,45)(H,38,46). The zero-order valence-electron chi connectivity index (χ0n) is 27.0. The molecule has 16 heteroatoms. The van der Waals surface area contributed by atoms with Gasteiger partial charge in [-0.15, -0.1) is 0 Å². The number of benzene rings is 5. The third-order valence-corrected chi connectivity index (χ3v) is 7.60. The van der Waals surface area contributed by atoms with E-state index in [-0.39, 0.29) is 94.4 Å². The van der Waals surface area contributed by atoms with Crippen LogP contribution < -0.4 is 20.1 Å². The van der Waals surface area contributed by atoms with Crippen molar-refractivity contribution in [1.29, 1.82) is 0 Å². The average molecular weight is 711 g/mol. The molecule has 0 heterocycles. The maximum atomic E-state index is 13.7. The van der Waals surface area contributed by atoms with Gasteiger partial charge in [-0.25, -0.2) is 0 Å². The minimum atomic E-state index is -0.674. The molecule has 0 fully saturated rings. The van der Waals surface area contributed by atoms with E-state index in [1.54, 1.807) is 12.1 Å². The molecule has 0 bridgehead atoms. The molecule has 52 heavy (non-hydrogen) atoms. The Bertz CT molecular complexity index is 1980. The van der Waals surface area contributed by atoms with Crippen LogP contribution in [0.5, 0.6) is 46.0 Å². The molecule has 0 aromatic heterocycles. The number of hydrogen-bond donors (Lipinski definition) is 6. The maximum absolute atomic E-state index is 13.7. The van der Waals surface area contributed by atoms with Crippen LogP contribution in [-0.4, -0.2) is 55.2 Å². The van der Waals surface area contributed by atoms with E-state index in [1.807, 2.05) is 0 Å². The second-order valence-electron chi connectivity index (χ2n) is 11.2. The number of hydrogen-bond acceptors (Lipinski definition) is 12. The van der Waals surface area contributed by atoms with Crippen molar-refractivity contribution in [2.24, 2.45) is 0 Å². The predicted octanol–water partition coefficient (Wildman–Crippen LogP) is 5.86. The van der Waals surface area contributed by atoms with Crippen molar-refractivity contribution in [2.45, 2.75) is 12.8 Å². The zero-order chi connectivity index (χ0) is 37.4. The summed E-state index contributed by atoms with van der Waals surface area (Å²) in [7, 11) is 0. The summed E-state index contributed by atoms with van der Waals surface area (Å²) in [5.41, 5.74) is 0.572. The second kappa shape index (κ2) is 15.9. The summed E-state index contributed by atoms with van der Waals surface area (Å²) in [5.74, 6) is -2.66. The normalized spacial score (nSPS) is 10.6. The molecular formula is C36H30N4O12. The van der Waals surface area contributed by atoms with Gasteiger partial charge in [0.1, 0.15) is 23.0 Å². The van der Waals surface area contributed by atoms with E-state index in [9.17, 15) is 50.2 Å². The molecule has 16 nitrogen and oxygen atoms in total. The van der Waals surface area contributed by atoms with E-state index in [1.165, 1.54) is 84.9 Å². The number of ether oxygens (including phenoxy) is 2. The summed E-state index contributed by atoms with van der Waals surface area (Å²) in [5, 5.41) is 66.7. The summed E-state index contributed by atoms with van der Waals surface area (Å²) < 4.78 is 12.0. The number of carbonyl (C=O) groups excluding carboxylic acids is 2. The van der Waals surface area contributed by atoms with Gasteiger partial charge < -0.3 is 40.5 Å². The van der Waals surface area contributed by atoms with Gasteiger partial charge in [0.05, 0.1) is 21.0 Å². The SMILES string of the molecule is O=C(NCCc1ccc(O)c(O)c1)c1cc(Oc2ccc([N+](=O)[O-])cc2)c(C(=O)NCCc2ccc(O)c(O)c2)cc1Oc1ccc([N+](=O)[O-])cc1. The van der Waals surface area contributed by atoms with Gasteiger partial charge in [-0.05, 0) is 84.6 Å². The highest BCUT2D eigenvalue weighted by atomic mass is 16.6. The van der Waals surface area contributed by atoms with Crippen molar-refractivity contribution >= 4 is 23.2 Å². The highest BCUT2D eigenvalue weighted by Crippen LogP contribution is 2.36. The molecule has 5 aromatic rings. The number of non-ortho nitro benzene ring substituents is 2. The molecule has 0 unspecified atom stereocenters. The quantitative estimate of drug-likeness (QED) is 0.0451. The zero-order valence-corrected chi connectivity index (χ0v) is 27.0. The lowest BCUT2D eigenvalue weighted by atomic mass is 10.1. The van der Waals surface area contributed by atoms with Gasteiger partial charge >= 0.3 is 0 Å². The number of amides is 2. The summed E-state index contributed by atoms with van der Waals surface area (Å²) in [6.07, 6.45) is 0.507. The van der Waals surface area contributed by atoms with Gasteiger partial charge in [-0.1, -0.05) is 12.1 Å². The van der Waals surface area contributed by atoms with Crippen LogP contribution >= 0.6 is 0 Å². The van der Waals surface area contributed by atoms with Gasteiger partial charge in [0.2, 0.25) is 0 Å². The summed E-state index contributed by atoms with van der Waals surface area (Å²) >= 11 is 0. The van der Waals surface area contributed by atoms with Gasteiger partial charge in [-0.2, -0.15) is 0 Å². The van der Waals surface area contributed by atoms with E-state index in [0.717, 1.165) is 0 Å². The Balaban J connectivity index is 1.49. The highest BCUT2D eigenvalue weighted by molar-refractivity contribution is 6.02. The Morgan fingerprint density at radius 1 is 0.538 bits per heavy atom. The fourth-order valence-corrected chi connectivity index (χ4v) is 4.89. The van der Waals surface area contributed by atoms with Gasteiger partial charge in [0.15, 0.2) is 23.0 Å². The Hall–Kier alpha value is -7.36. The van der Waals surface area contributed by atoms with E-state index in [0.29, 0.717) is 11.1 Å². The lowest BCUT2D eigenvalue weighted by Gasteiger charge is -2.17. The van der Waals surface area contributed by atoms with Crippen molar-refractivity contribution in [2.75, 3.05) is 13.1 Å². The van der Waals surface area contributed by atoms with Crippen LogP contribution in [0.1, 0.15) is 31.8 Å². The lowest BCUT2D eigenvalue weighted by molar-refractivity contribution is -0.385. The third kappa shape index (κ3) is 9.00. The van der Waals surface area contributed by atoms with Crippen LogP contribution in [0.2, 0.25) is 0 Å². The van der Waals surface area contributed by atoms with Crippen LogP contribution in [0.15, 0.2) is 97.1 Å². The van der Waals surface area contributed by atoms with Crippen LogP contribution in [0.3, 0.4) is 0 Å². The fraction of sp³-hybridized carbons (Fsp3) is 0.111. The van der Waals surface area contributed by atoms with Crippen molar-refractivity contribution in [3.63, 3.8) is 0 Å². The van der Waals surface area contributed by atoms with Gasteiger partial charge in [0.25, 0.3) is 23.2 Å². The largest absolute Gasteiger partial charge is 0.504 e. The van der Waals surface area contributed by atoms with Crippen molar-refractivity contribution in [3.8, 4) is 46.0 Å². The number of nitro groups is 2. The van der Waals surface area contributed by atoms with E-state index < -0.39 is 21.7 Å². The Morgan fingerprint density at radius 3 is 1.23 bits per heavy atom. The number of phenols is 4. The van der Waals surface area contributed by atoms with Crippen LogP contribution in [-0.2, 0) is 12.8 Å². The molecular weight excluding hydrogens is 680 g/mol. The van der Waals surface area contributed by atoms with Crippen LogP contribution in [0.4, 0.5) is 11.4 Å². The number of nitro benzene ring substituents is 2. The first-order valence-electron chi connectivity index (χ1n) is 15.5. The number of phenolic OH excluding ortho intramolecular Hbond substituents is 4. The number of nitrogens with one attached hydrogen (secondary N) is 2. The van der Waals surface area contributed by atoms with Gasteiger partial charge in [-0.3, -0.25) is 29.8 Å². The predicted molar refractivity (Wildman–Crippen MR) is 184 cm³/mol. The molecule has 0 spiro atoms. The van der Waals surface area contributed by atoms with E-state index >= 15 is 0 Å². The molecule has 0 radical (unpaired) electrons. The monoisotopic (exact) mass is 710 g/mol. The first kappa shape index (κ1) is 35.9. The first-order valence-corrected chi connectivity index (χ1v) is 15.5. The molecule has 0 atom stereocenters. The highest BCUT2D eigenvalue weighted by Gasteiger charge is 2.23. The van der Waals surface area contributed by atoms with Crippen molar-refractivity contribution in [3.05, 3.63) is 140 Å². The summed E-state index contributed by atoms with van der Waals surface area (Å²) in [4.78, 5) is 48.5. The molecule has 0 aliphatic carbocycles. The minimum absolute atomic E-state index is 0.0631. The molecule has 5 rings (SSSR count). The number of rotatable bonds is 14. The average Bonchev–Trinajstić information content (AvgIpc) is 3.12. The smallest absolute Gasteiger partial charge is 0.269 e. The molecule has 0 aliphatic rings. The molecule has 266 valence electrons. The molecule has 5 aromatic carbocycles. The molecule has 6 N–H and O–H groups in total. The molecule has 2 amide bonds. The Labute approximate surface area is 294 Å². The minimum Gasteiger partial charge on any atom is -0.504 e. The number of nitrogens with zero attached hydrogens (tertiary/aromatic N) is 2. The Kier molecular flexibility index (Phi) is 11.0. The molecule has 0 aliphatic heterocycles. The third-order valence-electron chi connectivity index (χ3n) is 7.60. The molecule has 0 saturated carbocycles. The number of aromatic hydroxyl groups is 4. The van der Waals surface area contributed by atoms with Crippen molar-refractivity contribution in [1.82, 2.24) is 10.6 Å². The van der Waals surface area contributed by atoms with Crippen LogP contribution in [0, 0.1) is 20.2 Å². The first-order chi connectivity index (χ1) is 24.9. The lowest BCUT2D eigenvalue weighted by Crippen LogP contribution is -2.28. The Morgan fingerprint density at radius 2 is 0.904 bits per heavy atom. The second-order valence-corrected chi connectivity index (χ2v) is 11.2. The summed E-state index contributed by atoms with van der Waals surface area (Å²) in [6, 6.07) is 21.0. The number of carbonyl (C=O) groups is 2. The fourth-order valence-electron chi connectivity index (χ4n) is 4.89. The maximum Gasteiger partial charge on any atom is 0.269 e. The van der Waals surface area contributed by atoms with Gasteiger partial charge in [0, 0.05) is 37.4 Å². The summed E-state index contributed by atoms with van der Waals surface area (Å²) in [6.45, 7) is 0.126. The molecule has 0 saturated heterocycles. The topological polar surface area (TPSA) is 244 Å².